The number of aliphatic hydroxyl groups excluding tert-OH is 1. The molecule has 0 bridgehead atoms. The van der Waals surface area contributed by atoms with E-state index in [1.807, 2.05) is 0 Å². The smallest absolute Gasteiger partial charge is 0.164 e. The normalized spacial score (nSPS) is 13.8. The third-order valence-electron chi connectivity index (χ3n) is 3.13. The molecule has 0 aliphatic carbocycles. The molecule has 106 valence electrons. The Morgan fingerprint density at radius 1 is 1.15 bits per heavy atom. The summed E-state index contributed by atoms with van der Waals surface area (Å²) >= 11 is 5.79. The first-order valence-electron chi connectivity index (χ1n) is 6.05. The molecule has 2 aromatic rings. The van der Waals surface area contributed by atoms with Gasteiger partial charge >= 0.3 is 0 Å². The molecule has 20 heavy (non-hydrogen) atoms. The van der Waals surface area contributed by atoms with Crippen LogP contribution in [0.5, 0.6) is 0 Å². The van der Waals surface area contributed by atoms with Gasteiger partial charge in [-0.1, -0.05) is 23.7 Å². The quantitative estimate of drug-likeness (QED) is 0.896. The van der Waals surface area contributed by atoms with Crippen molar-refractivity contribution in [1.82, 2.24) is 0 Å². The number of nitrogens with one attached hydrogen (secondary N) is 1. The summed E-state index contributed by atoms with van der Waals surface area (Å²) in [5.41, 5.74) is -0.426. The van der Waals surface area contributed by atoms with E-state index in [1.165, 1.54) is 12.1 Å². The predicted octanol–water partition coefficient (Wildman–Crippen LogP) is 3.94. The number of rotatable bonds is 4. The fourth-order valence-corrected chi connectivity index (χ4v) is 2.10. The molecule has 0 aliphatic rings. The van der Waals surface area contributed by atoms with Crippen molar-refractivity contribution in [3.8, 4) is 0 Å². The van der Waals surface area contributed by atoms with Gasteiger partial charge in [-0.05, 0) is 37.3 Å². The van der Waals surface area contributed by atoms with Crippen molar-refractivity contribution in [3.05, 3.63) is 64.7 Å². The van der Waals surface area contributed by atoms with Gasteiger partial charge in [0.25, 0.3) is 0 Å². The number of hydrogen-bond donors (Lipinski definition) is 2. The number of benzene rings is 2. The molecule has 1 unspecified atom stereocenters. The van der Waals surface area contributed by atoms with Crippen molar-refractivity contribution >= 4 is 17.3 Å². The summed E-state index contributed by atoms with van der Waals surface area (Å²) in [6.45, 7) is 1.20. The highest BCUT2D eigenvalue weighted by molar-refractivity contribution is 6.30. The molecular formula is C15H14ClF2NO. The van der Waals surface area contributed by atoms with Crippen molar-refractivity contribution in [2.75, 3.05) is 11.9 Å². The second-order valence-electron chi connectivity index (χ2n) is 4.72. The van der Waals surface area contributed by atoms with Crippen molar-refractivity contribution in [1.29, 1.82) is 0 Å². The fourth-order valence-electron chi connectivity index (χ4n) is 1.97. The summed E-state index contributed by atoms with van der Waals surface area (Å²) in [6, 6.07) is 10.6. The lowest BCUT2D eigenvalue weighted by atomic mass is 9.91. The summed E-state index contributed by atoms with van der Waals surface area (Å²) in [6.07, 6.45) is 0. The maximum absolute atomic E-state index is 13.9. The van der Waals surface area contributed by atoms with Gasteiger partial charge in [0.2, 0.25) is 0 Å². The number of aliphatic hydroxyl groups is 1. The van der Waals surface area contributed by atoms with Crippen LogP contribution < -0.4 is 5.32 Å². The monoisotopic (exact) mass is 297 g/mol. The Bertz CT molecular complexity index is 603. The average molecular weight is 298 g/mol. The fraction of sp³-hybridized carbons (Fsp3) is 0.200. The molecule has 2 nitrogen and oxygen atoms in total. The minimum Gasteiger partial charge on any atom is -0.394 e. The number of halogens is 3. The molecule has 0 spiro atoms. The second-order valence-corrected chi connectivity index (χ2v) is 5.16. The molecule has 0 heterocycles. The van der Waals surface area contributed by atoms with E-state index in [1.54, 1.807) is 31.2 Å². The highest BCUT2D eigenvalue weighted by Crippen LogP contribution is 2.29. The third kappa shape index (κ3) is 2.92. The van der Waals surface area contributed by atoms with Crippen molar-refractivity contribution in [2.45, 2.75) is 12.5 Å². The van der Waals surface area contributed by atoms with Crippen molar-refractivity contribution < 1.29 is 13.9 Å². The van der Waals surface area contributed by atoms with E-state index in [-0.39, 0.29) is 5.56 Å². The lowest BCUT2D eigenvalue weighted by Gasteiger charge is -2.31. The molecule has 0 radical (unpaired) electrons. The van der Waals surface area contributed by atoms with Gasteiger partial charge in [-0.15, -0.1) is 0 Å². The minimum atomic E-state index is -1.14. The zero-order valence-corrected chi connectivity index (χ0v) is 11.6. The van der Waals surface area contributed by atoms with E-state index < -0.39 is 23.8 Å². The van der Waals surface area contributed by atoms with Crippen LogP contribution in [0.4, 0.5) is 14.5 Å². The Labute approximate surface area is 121 Å². The SMILES string of the molecule is CC(CO)(Nc1ccc(Cl)cc1)c1cccc(F)c1F. The molecule has 2 N–H and O–H groups in total. The van der Waals surface area contributed by atoms with Crippen LogP contribution in [0.2, 0.25) is 5.02 Å². The van der Waals surface area contributed by atoms with Gasteiger partial charge in [-0.25, -0.2) is 8.78 Å². The van der Waals surface area contributed by atoms with Crippen LogP contribution in [0.1, 0.15) is 12.5 Å². The van der Waals surface area contributed by atoms with Gasteiger partial charge in [0.1, 0.15) is 0 Å². The topological polar surface area (TPSA) is 32.3 Å². The Morgan fingerprint density at radius 2 is 1.80 bits per heavy atom. The summed E-state index contributed by atoms with van der Waals surface area (Å²) in [7, 11) is 0. The van der Waals surface area contributed by atoms with E-state index in [0.29, 0.717) is 10.7 Å². The summed E-state index contributed by atoms with van der Waals surface area (Å²) in [5, 5.41) is 13.2. The molecule has 1 atom stereocenters. The zero-order valence-electron chi connectivity index (χ0n) is 10.8. The first-order chi connectivity index (χ1) is 9.46. The van der Waals surface area contributed by atoms with Crippen LogP contribution in [0.15, 0.2) is 42.5 Å². The van der Waals surface area contributed by atoms with Crippen LogP contribution in [0.3, 0.4) is 0 Å². The van der Waals surface area contributed by atoms with E-state index in [4.69, 9.17) is 11.6 Å². The van der Waals surface area contributed by atoms with Crippen LogP contribution in [0, 0.1) is 11.6 Å². The minimum absolute atomic E-state index is 0.0648. The van der Waals surface area contributed by atoms with E-state index >= 15 is 0 Å². The van der Waals surface area contributed by atoms with Crippen LogP contribution >= 0.6 is 11.6 Å². The Kier molecular flexibility index (Phi) is 4.26. The van der Waals surface area contributed by atoms with Gasteiger partial charge in [-0.3, -0.25) is 0 Å². The molecule has 0 saturated carbocycles. The maximum atomic E-state index is 13.9. The third-order valence-corrected chi connectivity index (χ3v) is 3.38. The molecule has 0 aliphatic heterocycles. The van der Waals surface area contributed by atoms with Gasteiger partial charge in [0, 0.05) is 16.3 Å². The number of hydrogen-bond acceptors (Lipinski definition) is 2. The molecule has 5 heteroatoms. The van der Waals surface area contributed by atoms with Gasteiger partial charge < -0.3 is 10.4 Å². The Hall–Kier alpha value is -1.65. The predicted molar refractivity (Wildman–Crippen MR) is 75.9 cm³/mol. The summed E-state index contributed by atoms with van der Waals surface area (Å²) in [5.74, 6) is -1.91. The van der Waals surface area contributed by atoms with E-state index in [0.717, 1.165) is 6.07 Å². The van der Waals surface area contributed by atoms with Gasteiger partial charge in [0.05, 0.1) is 12.1 Å². The van der Waals surface area contributed by atoms with Gasteiger partial charge in [-0.2, -0.15) is 0 Å². The molecule has 0 amide bonds. The lowest BCUT2D eigenvalue weighted by molar-refractivity contribution is 0.219. The van der Waals surface area contributed by atoms with E-state index in [9.17, 15) is 13.9 Å². The molecule has 2 aromatic carbocycles. The van der Waals surface area contributed by atoms with Crippen LogP contribution in [0.25, 0.3) is 0 Å². The first-order valence-corrected chi connectivity index (χ1v) is 6.43. The van der Waals surface area contributed by atoms with Crippen molar-refractivity contribution in [3.63, 3.8) is 0 Å². The molecular weight excluding hydrogens is 284 g/mol. The molecule has 0 aromatic heterocycles. The van der Waals surface area contributed by atoms with Gasteiger partial charge in [0.15, 0.2) is 11.6 Å². The van der Waals surface area contributed by atoms with Crippen molar-refractivity contribution in [2.24, 2.45) is 0 Å². The maximum Gasteiger partial charge on any atom is 0.164 e. The highest BCUT2D eigenvalue weighted by atomic mass is 35.5. The van der Waals surface area contributed by atoms with Crippen LogP contribution in [-0.2, 0) is 5.54 Å². The Balaban J connectivity index is 2.38. The molecule has 2 rings (SSSR count). The average Bonchev–Trinajstić information content (AvgIpc) is 2.44. The first kappa shape index (κ1) is 14.8. The second kappa shape index (κ2) is 5.77. The number of anilines is 1. The summed E-state index contributed by atoms with van der Waals surface area (Å²) < 4.78 is 27.2. The zero-order chi connectivity index (χ0) is 14.8. The molecule has 0 fully saturated rings. The lowest BCUT2D eigenvalue weighted by Crippen LogP contribution is -2.37. The Morgan fingerprint density at radius 3 is 2.40 bits per heavy atom. The standard InChI is InChI=1S/C15H14ClF2NO/c1-15(9-20,12-3-2-4-13(17)14(12)18)19-11-7-5-10(16)6-8-11/h2-8,19-20H,9H2,1H3. The summed E-state index contributed by atoms with van der Waals surface area (Å²) in [4.78, 5) is 0. The molecule has 0 saturated heterocycles. The van der Waals surface area contributed by atoms with Crippen LogP contribution in [-0.4, -0.2) is 11.7 Å². The van der Waals surface area contributed by atoms with E-state index in [2.05, 4.69) is 5.32 Å². The largest absolute Gasteiger partial charge is 0.394 e. The highest BCUT2D eigenvalue weighted by Gasteiger charge is 2.30.